The molecule has 22 heavy (non-hydrogen) atoms. The highest BCUT2D eigenvalue weighted by Gasteiger charge is 2.18. The fraction of sp³-hybridized carbons (Fsp3) is 0.188. The average Bonchev–Trinajstić information content (AvgIpc) is 2.45. The molecular formula is C16H14ClF2NO2. The molecule has 3 nitrogen and oxygen atoms in total. The summed E-state index contributed by atoms with van der Waals surface area (Å²) >= 11 is 5.99. The molecule has 0 saturated heterocycles. The summed E-state index contributed by atoms with van der Waals surface area (Å²) in [6.45, 7) is 3.37. The predicted octanol–water partition coefficient (Wildman–Crippen LogP) is 4.33. The molecule has 2 rings (SSSR count). The van der Waals surface area contributed by atoms with Crippen molar-refractivity contribution in [1.82, 2.24) is 0 Å². The Kier molecular flexibility index (Phi) is 4.98. The molecule has 0 aliphatic heterocycles. The zero-order chi connectivity index (χ0) is 16.3. The van der Waals surface area contributed by atoms with E-state index in [0.29, 0.717) is 16.8 Å². The monoisotopic (exact) mass is 325 g/mol. The maximum absolute atomic E-state index is 13.5. The van der Waals surface area contributed by atoms with Crippen LogP contribution in [0.25, 0.3) is 0 Å². The van der Waals surface area contributed by atoms with Crippen LogP contribution in [0.3, 0.4) is 0 Å². The largest absolute Gasteiger partial charge is 0.479 e. The van der Waals surface area contributed by atoms with Crippen molar-refractivity contribution in [3.8, 4) is 5.75 Å². The topological polar surface area (TPSA) is 38.3 Å². The summed E-state index contributed by atoms with van der Waals surface area (Å²) in [4.78, 5) is 12.0. The van der Waals surface area contributed by atoms with Gasteiger partial charge in [0.15, 0.2) is 6.10 Å². The number of ether oxygens (including phenoxy) is 1. The van der Waals surface area contributed by atoms with Crippen LogP contribution in [0.1, 0.15) is 12.5 Å². The van der Waals surface area contributed by atoms with Gasteiger partial charge < -0.3 is 10.1 Å². The number of rotatable bonds is 4. The molecule has 2 aromatic rings. The SMILES string of the molecule is Cc1ccc(Cl)c(OC(C)C(=O)Nc2ccc(F)cc2F)c1. The number of carbonyl (C=O) groups is 1. The highest BCUT2D eigenvalue weighted by atomic mass is 35.5. The summed E-state index contributed by atoms with van der Waals surface area (Å²) in [5, 5.41) is 2.72. The van der Waals surface area contributed by atoms with E-state index < -0.39 is 23.6 Å². The van der Waals surface area contributed by atoms with Gasteiger partial charge in [-0.3, -0.25) is 4.79 Å². The first-order chi connectivity index (χ1) is 10.4. The first-order valence-electron chi connectivity index (χ1n) is 6.55. The van der Waals surface area contributed by atoms with Gasteiger partial charge in [0, 0.05) is 6.07 Å². The zero-order valence-corrected chi connectivity index (χ0v) is 12.7. The summed E-state index contributed by atoms with van der Waals surface area (Å²) in [6, 6.07) is 8.07. The van der Waals surface area contributed by atoms with Gasteiger partial charge in [0.25, 0.3) is 5.91 Å². The van der Waals surface area contributed by atoms with E-state index >= 15 is 0 Å². The van der Waals surface area contributed by atoms with Gasteiger partial charge in [0.1, 0.15) is 17.4 Å². The molecule has 0 aliphatic rings. The second-order valence-electron chi connectivity index (χ2n) is 4.81. The van der Waals surface area contributed by atoms with Crippen molar-refractivity contribution in [2.75, 3.05) is 5.32 Å². The van der Waals surface area contributed by atoms with Crippen LogP contribution in [0, 0.1) is 18.6 Å². The molecule has 0 spiro atoms. The molecule has 0 radical (unpaired) electrons. The quantitative estimate of drug-likeness (QED) is 0.908. The smallest absolute Gasteiger partial charge is 0.265 e. The zero-order valence-electron chi connectivity index (χ0n) is 12.0. The molecule has 0 heterocycles. The molecule has 116 valence electrons. The second-order valence-corrected chi connectivity index (χ2v) is 5.21. The number of hydrogen-bond acceptors (Lipinski definition) is 2. The Labute approximate surface area is 131 Å². The number of benzene rings is 2. The minimum absolute atomic E-state index is 0.114. The Hall–Kier alpha value is -2.14. The Bertz CT molecular complexity index is 707. The molecule has 1 amide bonds. The summed E-state index contributed by atoms with van der Waals surface area (Å²) in [5.74, 6) is -1.77. The maximum Gasteiger partial charge on any atom is 0.265 e. The average molecular weight is 326 g/mol. The second kappa shape index (κ2) is 6.75. The van der Waals surface area contributed by atoms with Crippen LogP contribution < -0.4 is 10.1 Å². The first kappa shape index (κ1) is 16.2. The van der Waals surface area contributed by atoms with Gasteiger partial charge >= 0.3 is 0 Å². The van der Waals surface area contributed by atoms with Crippen molar-refractivity contribution in [3.63, 3.8) is 0 Å². The van der Waals surface area contributed by atoms with Gasteiger partial charge in [-0.15, -0.1) is 0 Å². The highest BCUT2D eigenvalue weighted by molar-refractivity contribution is 6.32. The number of anilines is 1. The fourth-order valence-electron chi connectivity index (χ4n) is 1.77. The Morgan fingerprint density at radius 3 is 2.64 bits per heavy atom. The minimum Gasteiger partial charge on any atom is -0.479 e. The van der Waals surface area contributed by atoms with Crippen LogP contribution >= 0.6 is 11.6 Å². The van der Waals surface area contributed by atoms with Crippen molar-refractivity contribution in [2.45, 2.75) is 20.0 Å². The maximum atomic E-state index is 13.5. The summed E-state index contributed by atoms with van der Waals surface area (Å²) in [6.07, 6.45) is -0.899. The van der Waals surface area contributed by atoms with Crippen LogP contribution in [-0.2, 0) is 4.79 Å². The third-order valence-corrected chi connectivity index (χ3v) is 3.26. The number of hydrogen-bond donors (Lipinski definition) is 1. The fourth-order valence-corrected chi connectivity index (χ4v) is 1.93. The summed E-state index contributed by atoms with van der Waals surface area (Å²) in [5.41, 5.74) is 0.814. The normalized spacial score (nSPS) is 11.9. The lowest BCUT2D eigenvalue weighted by molar-refractivity contribution is -0.122. The lowest BCUT2D eigenvalue weighted by atomic mass is 10.2. The number of aryl methyl sites for hydroxylation is 1. The van der Waals surface area contributed by atoms with Crippen LogP contribution in [0.4, 0.5) is 14.5 Å². The molecule has 1 atom stereocenters. The van der Waals surface area contributed by atoms with Gasteiger partial charge in [0.2, 0.25) is 0 Å². The van der Waals surface area contributed by atoms with Gasteiger partial charge in [-0.2, -0.15) is 0 Å². The van der Waals surface area contributed by atoms with Crippen molar-refractivity contribution in [2.24, 2.45) is 0 Å². The van der Waals surface area contributed by atoms with Crippen LogP contribution in [0.5, 0.6) is 5.75 Å². The Morgan fingerprint density at radius 2 is 1.95 bits per heavy atom. The third kappa shape index (κ3) is 3.95. The molecule has 1 N–H and O–H groups in total. The van der Waals surface area contributed by atoms with E-state index in [-0.39, 0.29) is 5.69 Å². The van der Waals surface area contributed by atoms with E-state index in [4.69, 9.17) is 16.3 Å². The Balaban J connectivity index is 2.07. The van der Waals surface area contributed by atoms with Crippen LogP contribution in [-0.4, -0.2) is 12.0 Å². The Morgan fingerprint density at radius 1 is 1.23 bits per heavy atom. The van der Waals surface area contributed by atoms with Crippen LogP contribution in [0.15, 0.2) is 36.4 Å². The van der Waals surface area contributed by atoms with Crippen molar-refractivity contribution >= 4 is 23.2 Å². The van der Waals surface area contributed by atoms with Gasteiger partial charge in [0.05, 0.1) is 10.7 Å². The molecule has 6 heteroatoms. The molecule has 0 aliphatic carbocycles. The van der Waals surface area contributed by atoms with E-state index in [9.17, 15) is 13.6 Å². The van der Waals surface area contributed by atoms with E-state index in [1.165, 1.54) is 6.92 Å². The van der Waals surface area contributed by atoms with Crippen molar-refractivity contribution in [3.05, 3.63) is 58.6 Å². The molecular weight excluding hydrogens is 312 g/mol. The molecule has 1 unspecified atom stereocenters. The lowest BCUT2D eigenvalue weighted by Gasteiger charge is -2.16. The summed E-state index contributed by atoms with van der Waals surface area (Å²) < 4.78 is 31.8. The van der Waals surface area contributed by atoms with Gasteiger partial charge in [-0.25, -0.2) is 8.78 Å². The minimum atomic E-state index is -0.899. The third-order valence-electron chi connectivity index (χ3n) is 2.95. The van der Waals surface area contributed by atoms with Crippen molar-refractivity contribution in [1.29, 1.82) is 0 Å². The van der Waals surface area contributed by atoms with Gasteiger partial charge in [-0.05, 0) is 43.7 Å². The van der Waals surface area contributed by atoms with Gasteiger partial charge in [-0.1, -0.05) is 17.7 Å². The number of carbonyl (C=O) groups excluding carboxylic acids is 1. The molecule has 0 fully saturated rings. The predicted molar refractivity (Wildman–Crippen MR) is 81.3 cm³/mol. The first-order valence-corrected chi connectivity index (χ1v) is 6.93. The number of amides is 1. The number of halogens is 3. The highest BCUT2D eigenvalue weighted by Crippen LogP contribution is 2.26. The van der Waals surface area contributed by atoms with E-state index in [1.54, 1.807) is 12.1 Å². The molecule has 0 aromatic heterocycles. The van der Waals surface area contributed by atoms with E-state index in [2.05, 4.69) is 5.32 Å². The van der Waals surface area contributed by atoms with Crippen LogP contribution in [0.2, 0.25) is 5.02 Å². The standard InChI is InChI=1S/C16H14ClF2NO2/c1-9-3-5-12(17)15(7-9)22-10(2)16(21)20-14-6-4-11(18)8-13(14)19/h3-8,10H,1-2H3,(H,20,21). The van der Waals surface area contributed by atoms with E-state index in [0.717, 1.165) is 17.7 Å². The van der Waals surface area contributed by atoms with Crippen molar-refractivity contribution < 1.29 is 18.3 Å². The molecule has 0 saturated carbocycles. The summed E-state index contributed by atoms with van der Waals surface area (Å²) in [7, 11) is 0. The lowest BCUT2D eigenvalue weighted by Crippen LogP contribution is -2.30. The molecule has 2 aromatic carbocycles. The van der Waals surface area contributed by atoms with E-state index in [1.807, 2.05) is 13.0 Å². The molecule has 0 bridgehead atoms. The number of nitrogens with one attached hydrogen (secondary N) is 1.